The second-order valence-electron chi connectivity index (χ2n) is 7.21. The average molecular weight is 343 g/mol. The summed E-state index contributed by atoms with van der Waals surface area (Å²) in [6.45, 7) is 6.31. The number of rotatable bonds is 4. The van der Waals surface area contributed by atoms with Gasteiger partial charge in [0.15, 0.2) is 0 Å². The van der Waals surface area contributed by atoms with E-state index in [-0.39, 0.29) is 17.8 Å². The molecule has 0 spiro atoms. The van der Waals surface area contributed by atoms with Gasteiger partial charge in [0.05, 0.1) is 17.2 Å². The van der Waals surface area contributed by atoms with Crippen molar-refractivity contribution in [3.63, 3.8) is 0 Å². The number of hydrogen-bond donors (Lipinski definition) is 2. The summed E-state index contributed by atoms with van der Waals surface area (Å²) in [4.78, 5) is 23.4. The number of nitrogens with two attached hydrogens (primary N) is 1. The number of carbonyl (C=O) groups is 2. The van der Waals surface area contributed by atoms with Gasteiger partial charge in [-0.1, -0.05) is 18.1 Å². The van der Waals surface area contributed by atoms with Gasteiger partial charge in [0.1, 0.15) is 6.61 Å². The smallest absolute Gasteiger partial charge is 0.341 e. The van der Waals surface area contributed by atoms with E-state index in [1.54, 1.807) is 0 Å². The number of carbonyl (C=O) groups excluding carboxylic acids is 1. The first kappa shape index (κ1) is 17.5. The van der Waals surface area contributed by atoms with Crippen LogP contribution in [0.4, 0.5) is 5.69 Å². The summed E-state index contributed by atoms with van der Waals surface area (Å²) < 4.78 is 5.14. The third kappa shape index (κ3) is 2.92. The maximum Gasteiger partial charge on any atom is 0.341 e. The van der Waals surface area contributed by atoms with E-state index >= 15 is 0 Å². The highest BCUT2D eigenvalue weighted by atomic mass is 16.5. The molecular formula is C20H25NO4. The zero-order chi connectivity index (χ0) is 18.3. The molecule has 1 heterocycles. The van der Waals surface area contributed by atoms with Crippen LogP contribution in [-0.4, -0.2) is 17.0 Å². The Balaban J connectivity index is 1.91. The van der Waals surface area contributed by atoms with Gasteiger partial charge < -0.3 is 15.6 Å². The van der Waals surface area contributed by atoms with Crippen molar-refractivity contribution in [1.29, 1.82) is 0 Å². The van der Waals surface area contributed by atoms with Crippen molar-refractivity contribution in [2.45, 2.75) is 53.1 Å². The molecule has 3 N–H and O–H groups in total. The number of fused-ring (bicyclic) bond motifs is 1. The van der Waals surface area contributed by atoms with E-state index in [2.05, 4.69) is 6.08 Å². The highest BCUT2D eigenvalue weighted by Gasteiger charge is 2.34. The first-order valence-corrected chi connectivity index (χ1v) is 8.79. The van der Waals surface area contributed by atoms with Crippen LogP contribution < -0.4 is 5.73 Å². The Morgan fingerprint density at radius 3 is 2.64 bits per heavy atom. The SMILES string of the molecule is CC(=CCc1c(C)c(C)c2c(c1N)C(=O)OC2)C1CCCC1C(=O)O. The van der Waals surface area contributed by atoms with Gasteiger partial charge in [0, 0.05) is 5.56 Å². The van der Waals surface area contributed by atoms with Crippen LogP contribution in [0.2, 0.25) is 0 Å². The molecule has 1 fully saturated rings. The van der Waals surface area contributed by atoms with Crippen LogP contribution in [0.5, 0.6) is 0 Å². The van der Waals surface area contributed by atoms with Gasteiger partial charge in [0.25, 0.3) is 0 Å². The molecule has 0 saturated heterocycles. The molecule has 2 atom stereocenters. The Hall–Kier alpha value is -2.30. The largest absolute Gasteiger partial charge is 0.481 e. The molecule has 2 aliphatic rings. The first-order chi connectivity index (χ1) is 11.8. The molecule has 5 heteroatoms. The Labute approximate surface area is 147 Å². The van der Waals surface area contributed by atoms with E-state index in [0.717, 1.165) is 47.1 Å². The Morgan fingerprint density at radius 2 is 1.96 bits per heavy atom. The zero-order valence-electron chi connectivity index (χ0n) is 15.0. The van der Waals surface area contributed by atoms with Gasteiger partial charge in [-0.05, 0) is 62.6 Å². The van der Waals surface area contributed by atoms with E-state index in [9.17, 15) is 14.7 Å². The summed E-state index contributed by atoms with van der Waals surface area (Å²) in [7, 11) is 0. The normalized spacial score (nSPS) is 22.8. The van der Waals surface area contributed by atoms with Crippen LogP contribution >= 0.6 is 0 Å². The molecule has 25 heavy (non-hydrogen) atoms. The number of aliphatic carboxylic acids is 1. The minimum atomic E-state index is -0.706. The maximum atomic E-state index is 12.0. The predicted molar refractivity (Wildman–Crippen MR) is 95.4 cm³/mol. The number of ether oxygens (including phenoxy) is 1. The molecule has 134 valence electrons. The first-order valence-electron chi connectivity index (χ1n) is 8.79. The lowest BCUT2D eigenvalue weighted by Gasteiger charge is -2.18. The number of benzene rings is 1. The average Bonchev–Trinajstić information content (AvgIpc) is 3.19. The molecule has 1 aliphatic heterocycles. The molecule has 0 aromatic heterocycles. The molecule has 1 aliphatic carbocycles. The maximum absolute atomic E-state index is 12.0. The molecule has 1 saturated carbocycles. The number of nitrogen functional groups attached to an aromatic ring is 1. The van der Waals surface area contributed by atoms with Gasteiger partial charge in [-0.3, -0.25) is 4.79 Å². The summed E-state index contributed by atoms with van der Waals surface area (Å²) in [6.07, 6.45) is 5.31. The van der Waals surface area contributed by atoms with Crippen LogP contribution in [0.15, 0.2) is 11.6 Å². The van der Waals surface area contributed by atoms with Gasteiger partial charge in [-0.25, -0.2) is 4.79 Å². The Bertz CT molecular complexity index is 779. The van der Waals surface area contributed by atoms with Gasteiger partial charge in [-0.15, -0.1) is 0 Å². The van der Waals surface area contributed by atoms with Crippen LogP contribution in [0, 0.1) is 25.7 Å². The fourth-order valence-corrected chi connectivity index (χ4v) is 4.26. The fourth-order valence-electron chi connectivity index (χ4n) is 4.26. The summed E-state index contributed by atoms with van der Waals surface area (Å²) in [5.41, 5.74) is 12.4. The molecule has 1 aromatic rings. The van der Waals surface area contributed by atoms with E-state index in [1.165, 1.54) is 0 Å². The number of cyclic esters (lactones) is 1. The number of esters is 1. The standard InChI is InChI=1S/C20H25NO4/c1-10(13-5-4-6-15(13)19(22)23)7-8-14-11(2)12(3)16-9-25-20(24)17(16)18(14)21/h7,13,15H,4-6,8-9,21H2,1-3H3,(H,22,23). The van der Waals surface area contributed by atoms with Crippen molar-refractivity contribution in [2.75, 3.05) is 5.73 Å². The van der Waals surface area contributed by atoms with Gasteiger partial charge >= 0.3 is 11.9 Å². The minimum absolute atomic E-state index is 0.0968. The summed E-state index contributed by atoms with van der Waals surface area (Å²) in [5.74, 6) is -1.24. The third-order valence-corrected chi connectivity index (χ3v) is 5.96. The van der Waals surface area contributed by atoms with E-state index < -0.39 is 5.97 Å². The van der Waals surface area contributed by atoms with Crippen molar-refractivity contribution in [1.82, 2.24) is 0 Å². The summed E-state index contributed by atoms with van der Waals surface area (Å²) in [5, 5.41) is 9.38. The van der Waals surface area contributed by atoms with Crippen LogP contribution in [-0.2, 0) is 22.6 Å². The van der Waals surface area contributed by atoms with Crippen molar-refractivity contribution >= 4 is 17.6 Å². The molecule has 0 radical (unpaired) electrons. The molecular weight excluding hydrogens is 318 g/mol. The highest BCUT2D eigenvalue weighted by molar-refractivity contribution is 6.00. The van der Waals surface area contributed by atoms with Crippen molar-refractivity contribution in [2.24, 2.45) is 11.8 Å². The fraction of sp³-hybridized carbons (Fsp3) is 0.500. The lowest BCUT2D eigenvalue weighted by atomic mass is 9.87. The third-order valence-electron chi connectivity index (χ3n) is 5.96. The van der Waals surface area contributed by atoms with E-state index in [1.807, 2.05) is 20.8 Å². The predicted octanol–water partition coefficient (Wildman–Crippen LogP) is 3.55. The highest BCUT2D eigenvalue weighted by Crippen LogP contribution is 2.38. The number of hydrogen-bond acceptors (Lipinski definition) is 4. The lowest BCUT2D eigenvalue weighted by molar-refractivity contribution is -0.142. The van der Waals surface area contributed by atoms with Crippen LogP contribution in [0.25, 0.3) is 0 Å². The van der Waals surface area contributed by atoms with Gasteiger partial charge in [0.2, 0.25) is 0 Å². The topological polar surface area (TPSA) is 89.6 Å². The minimum Gasteiger partial charge on any atom is -0.481 e. The molecule has 0 bridgehead atoms. The molecule has 2 unspecified atom stereocenters. The Morgan fingerprint density at radius 1 is 1.28 bits per heavy atom. The quantitative estimate of drug-likeness (QED) is 0.496. The Kier molecular flexibility index (Phi) is 4.58. The zero-order valence-corrected chi connectivity index (χ0v) is 15.0. The van der Waals surface area contributed by atoms with E-state index in [4.69, 9.17) is 10.5 Å². The second kappa shape index (κ2) is 6.54. The molecule has 1 aromatic carbocycles. The van der Waals surface area contributed by atoms with Crippen molar-refractivity contribution in [3.8, 4) is 0 Å². The van der Waals surface area contributed by atoms with Crippen molar-refractivity contribution in [3.05, 3.63) is 39.5 Å². The second-order valence-corrected chi connectivity index (χ2v) is 7.21. The number of carboxylic acids is 1. The monoisotopic (exact) mass is 343 g/mol. The number of allylic oxidation sites excluding steroid dienone is 2. The summed E-state index contributed by atoms with van der Waals surface area (Å²) >= 11 is 0. The number of carboxylic acid groups (broad SMARTS) is 1. The molecule has 3 rings (SSSR count). The number of anilines is 1. The molecule has 5 nitrogen and oxygen atoms in total. The molecule has 0 amide bonds. The van der Waals surface area contributed by atoms with Crippen molar-refractivity contribution < 1.29 is 19.4 Å². The lowest BCUT2D eigenvalue weighted by Crippen LogP contribution is -2.19. The van der Waals surface area contributed by atoms with E-state index in [0.29, 0.717) is 24.3 Å². The van der Waals surface area contributed by atoms with Gasteiger partial charge in [-0.2, -0.15) is 0 Å². The van der Waals surface area contributed by atoms with Crippen LogP contribution in [0.3, 0.4) is 0 Å². The van der Waals surface area contributed by atoms with Crippen LogP contribution in [0.1, 0.15) is 58.8 Å². The summed E-state index contributed by atoms with van der Waals surface area (Å²) in [6, 6.07) is 0.